The van der Waals surface area contributed by atoms with Crippen LogP contribution in [0.5, 0.6) is 5.75 Å². The van der Waals surface area contributed by atoms with Gasteiger partial charge in [-0.3, -0.25) is 14.5 Å². The van der Waals surface area contributed by atoms with Crippen molar-refractivity contribution in [3.05, 3.63) is 58.1 Å². The molecule has 1 aliphatic rings. The molecule has 38 heavy (non-hydrogen) atoms. The molecule has 0 amide bonds. The topological polar surface area (TPSA) is 81.3 Å². The summed E-state index contributed by atoms with van der Waals surface area (Å²) in [5.74, 6) is -0.209. The van der Waals surface area contributed by atoms with E-state index in [0.29, 0.717) is 24.2 Å². The highest BCUT2D eigenvalue weighted by Crippen LogP contribution is 2.43. The SMILES string of the molecule is Cn1c(=O)n(CC(C)(C)C)c2ccc(C3CCC(C)(C)C(NC(O)c4ccc(OC(F)(F)F)cc4)C3)nc21. The Morgan fingerprint density at radius 1 is 1.16 bits per heavy atom. The van der Waals surface area contributed by atoms with Crippen LogP contribution in [0.1, 0.15) is 77.3 Å². The van der Waals surface area contributed by atoms with Crippen molar-refractivity contribution in [3.63, 3.8) is 0 Å². The van der Waals surface area contributed by atoms with Crippen molar-refractivity contribution >= 4 is 11.2 Å². The Balaban J connectivity index is 1.53. The third kappa shape index (κ3) is 6.23. The molecular weight excluding hydrogens is 497 g/mol. The predicted octanol–water partition coefficient (Wildman–Crippen LogP) is 5.62. The highest BCUT2D eigenvalue weighted by atomic mass is 19.4. The molecule has 0 aliphatic heterocycles. The van der Waals surface area contributed by atoms with Gasteiger partial charge in [0.25, 0.3) is 0 Å². The minimum absolute atomic E-state index is 0.0584. The first kappa shape index (κ1) is 28.2. The smallest absolute Gasteiger partial charge is 0.406 e. The van der Waals surface area contributed by atoms with Gasteiger partial charge in [0.15, 0.2) is 5.65 Å². The Bertz CT molecular complexity index is 1340. The number of aryl methyl sites for hydroxylation is 1. The molecule has 1 saturated carbocycles. The van der Waals surface area contributed by atoms with E-state index in [1.54, 1.807) is 16.2 Å². The van der Waals surface area contributed by atoms with E-state index >= 15 is 0 Å². The summed E-state index contributed by atoms with van der Waals surface area (Å²) in [6.07, 6.45) is -3.29. The van der Waals surface area contributed by atoms with Gasteiger partial charge in [-0.2, -0.15) is 0 Å². The largest absolute Gasteiger partial charge is 0.573 e. The van der Waals surface area contributed by atoms with E-state index in [2.05, 4.69) is 44.7 Å². The molecule has 208 valence electrons. The lowest BCUT2D eigenvalue weighted by Crippen LogP contribution is -2.47. The third-order valence-electron chi connectivity index (χ3n) is 7.44. The second-order valence-electron chi connectivity index (χ2n) is 12.3. The number of imidazole rings is 1. The first-order valence-electron chi connectivity index (χ1n) is 12.9. The van der Waals surface area contributed by atoms with Crippen molar-refractivity contribution in [1.29, 1.82) is 0 Å². The van der Waals surface area contributed by atoms with Gasteiger partial charge in [0.2, 0.25) is 0 Å². The van der Waals surface area contributed by atoms with Gasteiger partial charge in [0, 0.05) is 31.2 Å². The first-order valence-corrected chi connectivity index (χ1v) is 12.9. The number of aliphatic hydroxyl groups excluding tert-OH is 1. The average molecular weight is 535 g/mol. The maximum atomic E-state index is 12.9. The van der Waals surface area contributed by atoms with Crippen molar-refractivity contribution in [1.82, 2.24) is 19.4 Å². The van der Waals surface area contributed by atoms with E-state index in [1.165, 1.54) is 24.3 Å². The zero-order chi connectivity index (χ0) is 28.0. The Hall–Kier alpha value is -2.85. The summed E-state index contributed by atoms with van der Waals surface area (Å²) < 4.78 is 44.7. The molecule has 3 atom stereocenters. The summed E-state index contributed by atoms with van der Waals surface area (Å²) in [5.41, 5.74) is 2.57. The molecule has 0 radical (unpaired) electrons. The van der Waals surface area contributed by atoms with E-state index < -0.39 is 12.6 Å². The number of halogens is 3. The molecule has 2 heterocycles. The van der Waals surface area contributed by atoms with Gasteiger partial charge in [0.05, 0.1) is 5.52 Å². The number of benzene rings is 1. The lowest BCUT2D eigenvalue weighted by molar-refractivity contribution is -0.274. The summed E-state index contributed by atoms with van der Waals surface area (Å²) in [5, 5.41) is 14.1. The van der Waals surface area contributed by atoms with Gasteiger partial charge in [-0.05, 0) is 59.9 Å². The molecule has 2 N–H and O–H groups in total. The Labute approximate surface area is 220 Å². The Morgan fingerprint density at radius 2 is 1.82 bits per heavy atom. The second-order valence-corrected chi connectivity index (χ2v) is 12.3. The minimum Gasteiger partial charge on any atom is -0.406 e. The third-order valence-corrected chi connectivity index (χ3v) is 7.44. The van der Waals surface area contributed by atoms with Gasteiger partial charge in [-0.15, -0.1) is 13.2 Å². The van der Waals surface area contributed by atoms with Crippen LogP contribution >= 0.6 is 0 Å². The quantitative estimate of drug-likeness (QED) is 0.401. The maximum Gasteiger partial charge on any atom is 0.573 e. The van der Waals surface area contributed by atoms with E-state index in [4.69, 9.17) is 4.98 Å². The highest BCUT2D eigenvalue weighted by molar-refractivity contribution is 5.72. The van der Waals surface area contributed by atoms with Crippen LogP contribution in [0.2, 0.25) is 0 Å². The molecule has 1 aromatic carbocycles. The van der Waals surface area contributed by atoms with Crippen LogP contribution < -0.4 is 15.7 Å². The fourth-order valence-electron chi connectivity index (χ4n) is 5.29. The fourth-order valence-corrected chi connectivity index (χ4v) is 5.29. The highest BCUT2D eigenvalue weighted by Gasteiger charge is 2.38. The number of nitrogens with zero attached hydrogens (tertiary/aromatic N) is 3. The van der Waals surface area contributed by atoms with Gasteiger partial charge in [-0.25, -0.2) is 9.78 Å². The fraction of sp³-hybridized carbons (Fsp3) is 0.571. The van der Waals surface area contributed by atoms with Crippen LogP contribution in [0, 0.1) is 10.8 Å². The molecule has 3 unspecified atom stereocenters. The second kappa shape index (κ2) is 10.0. The molecule has 4 rings (SSSR count). The molecule has 0 bridgehead atoms. The van der Waals surface area contributed by atoms with Crippen LogP contribution in [0.25, 0.3) is 11.2 Å². The van der Waals surface area contributed by atoms with Crippen molar-refractivity contribution in [2.24, 2.45) is 17.9 Å². The first-order chi connectivity index (χ1) is 17.5. The molecule has 7 nitrogen and oxygen atoms in total. The average Bonchev–Trinajstić information content (AvgIpc) is 3.03. The van der Waals surface area contributed by atoms with Crippen LogP contribution in [0.4, 0.5) is 13.2 Å². The molecule has 2 aromatic heterocycles. The maximum absolute atomic E-state index is 12.9. The zero-order valence-corrected chi connectivity index (χ0v) is 22.8. The van der Waals surface area contributed by atoms with Crippen LogP contribution in [-0.4, -0.2) is 31.6 Å². The number of rotatable bonds is 6. The summed E-state index contributed by atoms with van der Waals surface area (Å²) in [6.45, 7) is 11.2. The number of aliphatic hydroxyl groups is 1. The van der Waals surface area contributed by atoms with Crippen LogP contribution in [0.15, 0.2) is 41.2 Å². The van der Waals surface area contributed by atoms with Gasteiger partial charge >= 0.3 is 12.1 Å². The summed E-state index contributed by atoms with van der Waals surface area (Å²) in [6, 6.07) is 9.13. The van der Waals surface area contributed by atoms with E-state index in [0.717, 1.165) is 24.1 Å². The minimum atomic E-state index is -4.77. The van der Waals surface area contributed by atoms with E-state index in [9.17, 15) is 23.1 Å². The number of ether oxygens (including phenoxy) is 1. The van der Waals surface area contributed by atoms with Crippen molar-refractivity contribution in [3.8, 4) is 5.75 Å². The number of pyridine rings is 1. The molecular formula is C28H37F3N4O3. The monoisotopic (exact) mass is 534 g/mol. The summed E-state index contributed by atoms with van der Waals surface area (Å²) in [7, 11) is 1.75. The number of alkyl halides is 3. The van der Waals surface area contributed by atoms with Crippen molar-refractivity contribution in [2.45, 2.75) is 85.0 Å². The standard InChI is InChI=1S/C28H37F3N4O3/c1-26(2,3)16-35-21-12-11-20(32-23(21)34(6)25(35)37)18-13-14-27(4,5)22(15-18)33-24(36)17-7-9-19(10-8-17)38-28(29,30)31/h7-12,18,22,24,33,36H,13-16H2,1-6H3. The normalized spacial score (nSPS) is 21.0. The lowest BCUT2D eigenvalue weighted by Gasteiger charge is -2.43. The van der Waals surface area contributed by atoms with Crippen LogP contribution in [0.3, 0.4) is 0 Å². The molecule has 10 heteroatoms. The predicted molar refractivity (Wildman–Crippen MR) is 140 cm³/mol. The van der Waals surface area contributed by atoms with E-state index in [-0.39, 0.29) is 34.2 Å². The number of aromatic nitrogens is 3. The van der Waals surface area contributed by atoms with Crippen LogP contribution in [-0.2, 0) is 13.6 Å². The van der Waals surface area contributed by atoms with Gasteiger partial charge in [0.1, 0.15) is 12.0 Å². The number of hydrogen-bond donors (Lipinski definition) is 2. The van der Waals surface area contributed by atoms with Gasteiger partial charge in [-0.1, -0.05) is 46.8 Å². The zero-order valence-electron chi connectivity index (χ0n) is 22.8. The molecule has 3 aromatic rings. The molecule has 0 saturated heterocycles. The Morgan fingerprint density at radius 3 is 2.42 bits per heavy atom. The summed E-state index contributed by atoms with van der Waals surface area (Å²) >= 11 is 0. The molecule has 1 aliphatic carbocycles. The number of fused-ring (bicyclic) bond motifs is 1. The van der Waals surface area contributed by atoms with Crippen molar-refractivity contribution in [2.75, 3.05) is 0 Å². The number of hydrogen-bond acceptors (Lipinski definition) is 5. The lowest BCUT2D eigenvalue weighted by atomic mass is 9.68. The van der Waals surface area contributed by atoms with Gasteiger partial charge < -0.3 is 9.84 Å². The molecule has 0 spiro atoms. The molecule has 1 fully saturated rings. The summed E-state index contributed by atoms with van der Waals surface area (Å²) in [4.78, 5) is 17.8. The Kier molecular flexibility index (Phi) is 7.44. The van der Waals surface area contributed by atoms with Crippen molar-refractivity contribution < 1.29 is 23.0 Å². The van der Waals surface area contributed by atoms with E-state index in [1.807, 2.05) is 12.1 Å². The number of nitrogens with one attached hydrogen (secondary N) is 1.